The number of aliphatic imine (C=N–C) groups is 1. The van der Waals surface area contributed by atoms with Gasteiger partial charge in [0.25, 0.3) is 0 Å². The molecule has 0 heterocycles. The number of halogens is 1. The van der Waals surface area contributed by atoms with Gasteiger partial charge >= 0.3 is 0 Å². The van der Waals surface area contributed by atoms with Crippen LogP contribution in [0.2, 0.25) is 0 Å². The molecule has 1 atom stereocenters. The van der Waals surface area contributed by atoms with E-state index >= 15 is 0 Å². The fourth-order valence-electron chi connectivity index (χ4n) is 2.51. The molecule has 21 heavy (non-hydrogen) atoms. The van der Waals surface area contributed by atoms with E-state index in [2.05, 4.69) is 15.6 Å². The molecule has 0 bridgehead atoms. The number of rotatable bonds is 5. The van der Waals surface area contributed by atoms with E-state index in [9.17, 15) is 4.39 Å². The molecule has 5 heteroatoms. The second kappa shape index (κ2) is 7.86. The lowest BCUT2D eigenvalue weighted by Gasteiger charge is -2.20. The van der Waals surface area contributed by atoms with E-state index in [0.29, 0.717) is 18.3 Å². The van der Waals surface area contributed by atoms with E-state index in [1.54, 1.807) is 19.2 Å². The predicted octanol–water partition coefficient (Wildman–Crippen LogP) is 2.70. The Morgan fingerprint density at radius 2 is 2.19 bits per heavy atom. The van der Waals surface area contributed by atoms with Crippen molar-refractivity contribution >= 4 is 5.96 Å². The lowest BCUT2D eigenvalue weighted by atomic mass is 10.2. The summed E-state index contributed by atoms with van der Waals surface area (Å²) in [5.74, 6) is 1.06. The third-order valence-corrected chi connectivity index (χ3v) is 3.61. The predicted molar refractivity (Wildman–Crippen MR) is 83.2 cm³/mol. The van der Waals surface area contributed by atoms with Gasteiger partial charge in [-0.25, -0.2) is 4.39 Å². The van der Waals surface area contributed by atoms with Gasteiger partial charge < -0.3 is 15.4 Å². The summed E-state index contributed by atoms with van der Waals surface area (Å²) in [4.78, 5) is 4.22. The van der Waals surface area contributed by atoms with Crippen LogP contribution >= 0.6 is 0 Å². The van der Waals surface area contributed by atoms with Crippen LogP contribution in [0.3, 0.4) is 0 Å². The molecule has 0 radical (unpaired) electrons. The molecule has 1 aliphatic carbocycles. The Hall–Kier alpha value is -1.78. The first-order valence-corrected chi connectivity index (χ1v) is 7.57. The molecule has 4 nitrogen and oxygen atoms in total. The summed E-state index contributed by atoms with van der Waals surface area (Å²) < 4.78 is 18.8. The Kier molecular flexibility index (Phi) is 5.84. The average molecular weight is 293 g/mol. The number of hydrogen-bond acceptors (Lipinski definition) is 2. The molecular formula is C16H24FN3O. The monoisotopic (exact) mass is 293 g/mol. The van der Waals surface area contributed by atoms with Crippen molar-refractivity contribution in [2.75, 3.05) is 13.6 Å². The van der Waals surface area contributed by atoms with E-state index < -0.39 is 0 Å². The Morgan fingerprint density at radius 3 is 2.86 bits per heavy atom. The maximum Gasteiger partial charge on any atom is 0.191 e. The molecule has 0 spiro atoms. The van der Waals surface area contributed by atoms with Crippen LogP contribution in [0, 0.1) is 5.82 Å². The molecule has 1 aromatic carbocycles. The molecule has 2 N–H and O–H groups in total. The molecule has 116 valence electrons. The van der Waals surface area contributed by atoms with Crippen LogP contribution < -0.4 is 15.4 Å². The van der Waals surface area contributed by atoms with Crippen molar-refractivity contribution in [3.63, 3.8) is 0 Å². The minimum absolute atomic E-state index is 0.0751. The highest BCUT2D eigenvalue weighted by molar-refractivity contribution is 5.80. The smallest absolute Gasteiger partial charge is 0.191 e. The fourth-order valence-corrected chi connectivity index (χ4v) is 2.51. The van der Waals surface area contributed by atoms with E-state index in [1.165, 1.54) is 37.8 Å². The third kappa shape index (κ3) is 5.25. The first kappa shape index (κ1) is 15.6. The standard InChI is InChI=1S/C16H24FN3O/c1-12(21-15-9-5-6-13(17)10-15)11-19-16(18-2)20-14-7-3-4-8-14/h5-6,9-10,12,14H,3-4,7-8,11H2,1-2H3,(H2,18,19,20). The first-order chi connectivity index (χ1) is 10.2. The number of nitrogens with zero attached hydrogens (tertiary/aromatic N) is 1. The molecule has 1 unspecified atom stereocenters. The Balaban J connectivity index is 1.75. The van der Waals surface area contributed by atoms with Crippen LogP contribution in [0.5, 0.6) is 5.75 Å². The topological polar surface area (TPSA) is 45.7 Å². The van der Waals surface area contributed by atoms with Crippen molar-refractivity contribution in [3.05, 3.63) is 30.1 Å². The zero-order valence-corrected chi connectivity index (χ0v) is 12.7. The molecule has 0 aliphatic heterocycles. The molecule has 1 fully saturated rings. The Morgan fingerprint density at radius 1 is 1.43 bits per heavy atom. The maximum atomic E-state index is 13.1. The minimum Gasteiger partial charge on any atom is -0.489 e. The van der Waals surface area contributed by atoms with Crippen LogP contribution in [0.1, 0.15) is 32.6 Å². The van der Waals surface area contributed by atoms with Gasteiger partial charge in [-0.15, -0.1) is 0 Å². The lowest BCUT2D eigenvalue weighted by molar-refractivity contribution is 0.223. The van der Waals surface area contributed by atoms with Gasteiger partial charge in [0.2, 0.25) is 0 Å². The molecular weight excluding hydrogens is 269 g/mol. The molecule has 0 amide bonds. The zero-order chi connectivity index (χ0) is 15.1. The highest BCUT2D eigenvalue weighted by atomic mass is 19.1. The van der Waals surface area contributed by atoms with Crippen LogP contribution in [0.15, 0.2) is 29.3 Å². The van der Waals surface area contributed by atoms with Crippen molar-refractivity contribution in [2.24, 2.45) is 4.99 Å². The zero-order valence-electron chi connectivity index (χ0n) is 12.7. The van der Waals surface area contributed by atoms with Crippen LogP contribution in [-0.4, -0.2) is 31.7 Å². The van der Waals surface area contributed by atoms with Crippen molar-refractivity contribution in [2.45, 2.75) is 44.8 Å². The highest BCUT2D eigenvalue weighted by Gasteiger charge is 2.16. The molecule has 0 saturated heterocycles. The number of hydrogen-bond donors (Lipinski definition) is 2. The maximum absolute atomic E-state index is 13.1. The molecule has 1 aromatic rings. The quantitative estimate of drug-likeness (QED) is 0.648. The van der Waals surface area contributed by atoms with E-state index in [4.69, 9.17) is 4.74 Å². The number of ether oxygens (including phenoxy) is 1. The fraction of sp³-hybridized carbons (Fsp3) is 0.562. The second-order valence-electron chi connectivity index (χ2n) is 5.46. The summed E-state index contributed by atoms with van der Waals surface area (Å²) in [6, 6.07) is 6.72. The van der Waals surface area contributed by atoms with Gasteiger partial charge in [-0.3, -0.25) is 4.99 Å². The van der Waals surface area contributed by atoms with Crippen molar-refractivity contribution < 1.29 is 9.13 Å². The Bertz CT molecular complexity index is 472. The summed E-state index contributed by atoms with van der Waals surface area (Å²) in [7, 11) is 1.77. The number of nitrogens with one attached hydrogen (secondary N) is 2. The van der Waals surface area contributed by atoms with Crippen LogP contribution in [0.4, 0.5) is 4.39 Å². The third-order valence-electron chi connectivity index (χ3n) is 3.61. The summed E-state index contributed by atoms with van der Waals surface area (Å²) >= 11 is 0. The largest absolute Gasteiger partial charge is 0.489 e. The first-order valence-electron chi connectivity index (χ1n) is 7.57. The normalized spacial score (nSPS) is 17.6. The number of benzene rings is 1. The SMILES string of the molecule is CN=C(NCC(C)Oc1cccc(F)c1)NC1CCCC1. The van der Waals surface area contributed by atoms with Crippen molar-refractivity contribution in [3.8, 4) is 5.75 Å². The average Bonchev–Trinajstić information content (AvgIpc) is 2.96. The summed E-state index contributed by atoms with van der Waals surface area (Å²) in [6.07, 6.45) is 4.90. The Labute approximate surface area is 125 Å². The molecule has 2 rings (SSSR count). The van der Waals surface area contributed by atoms with Gasteiger partial charge in [0.15, 0.2) is 5.96 Å². The van der Waals surface area contributed by atoms with Gasteiger partial charge in [0.05, 0.1) is 6.54 Å². The summed E-state index contributed by atoms with van der Waals surface area (Å²) in [6.45, 7) is 2.56. The van der Waals surface area contributed by atoms with Crippen molar-refractivity contribution in [1.82, 2.24) is 10.6 Å². The van der Waals surface area contributed by atoms with Gasteiger partial charge in [-0.2, -0.15) is 0 Å². The van der Waals surface area contributed by atoms with Gasteiger partial charge in [0.1, 0.15) is 17.7 Å². The van der Waals surface area contributed by atoms with Gasteiger partial charge in [-0.1, -0.05) is 18.9 Å². The lowest BCUT2D eigenvalue weighted by Crippen LogP contribution is -2.45. The summed E-state index contributed by atoms with van der Waals surface area (Å²) in [5, 5.41) is 6.67. The van der Waals surface area contributed by atoms with Crippen LogP contribution in [0.25, 0.3) is 0 Å². The van der Waals surface area contributed by atoms with E-state index in [0.717, 1.165) is 5.96 Å². The van der Waals surface area contributed by atoms with Gasteiger partial charge in [-0.05, 0) is 31.9 Å². The minimum atomic E-state index is -0.286. The van der Waals surface area contributed by atoms with Crippen LogP contribution in [-0.2, 0) is 0 Å². The summed E-state index contributed by atoms with van der Waals surface area (Å²) in [5.41, 5.74) is 0. The molecule has 1 saturated carbocycles. The molecule has 0 aromatic heterocycles. The molecule has 1 aliphatic rings. The number of guanidine groups is 1. The van der Waals surface area contributed by atoms with Crippen molar-refractivity contribution in [1.29, 1.82) is 0 Å². The van der Waals surface area contributed by atoms with E-state index in [-0.39, 0.29) is 11.9 Å². The van der Waals surface area contributed by atoms with Gasteiger partial charge in [0, 0.05) is 19.2 Å². The van der Waals surface area contributed by atoms with E-state index in [1.807, 2.05) is 6.92 Å². The second-order valence-corrected chi connectivity index (χ2v) is 5.46. The highest BCUT2D eigenvalue weighted by Crippen LogP contribution is 2.17.